The molecule has 0 unspecified atom stereocenters. The Morgan fingerprint density at radius 1 is 0.947 bits per heavy atom. The summed E-state index contributed by atoms with van der Waals surface area (Å²) in [5.74, 6) is 4.09. The first-order valence-electron chi connectivity index (χ1n) is 16.0. The van der Waals surface area contributed by atoms with Gasteiger partial charge >= 0.3 is 6.16 Å². The van der Waals surface area contributed by atoms with Crippen molar-refractivity contribution in [1.82, 2.24) is 0 Å². The van der Waals surface area contributed by atoms with Crippen LogP contribution in [0.1, 0.15) is 123 Å². The molecule has 5 rings (SSSR count). The summed E-state index contributed by atoms with van der Waals surface area (Å²) >= 11 is 0. The van der Waals surface area contributed by atoms with E-state index in [4.69, 9.17) is 9.47 Å². The smallest absolute Gasteiger partial charge is 0.430 e. The monoisotopic (exact) mass is 520 g/mol. The van der Waals surface area contributed by atoms with Crippen molar-refractivity contribution in [2.24, 2.45) is 34.5 Å². The summed E-state index contributed by atoms with van der Waals surface area (Å²) in [4.78, 5) is 12.6. The standard InChI is InChI=1S/C35H52O3/c1-5-6-7-8-9-10-14-26-17-19-30-29-18-16-27-24-28(37-33(36)38-32-15-12-11-13-25(32)2)20-22-35(27,4)31(29)21-23-34(26,30)3/h11-13,15-16,26,28-31H,5-10,14,17-24H2,1-4H3/t26-,28-,29+,30-,31-,34+,35-/m0/s1. The molecular weight excluding hydrogens is 468 g/mol. The first kappa shape index (κ1) is 27.8. The first-order chi connectivity index (χ1) is 18.3. The lowest BCUT2D eigenvalue weighted by atomic mass is 9.47. The van der Waals surface area contributed by atoms with E-state index in [-0.39, 0.29) is 11.5 Å². The molecule has 7 atom stereocenters. The van der Waals surface area contributed by atoms with E-state index in [0.29, 0.717) is 11.2 Å². The van der Waals surface area contributed by atoms with Crippen molar-refractivity contribution in [2.75, 3.05) is 0 Å². The van der Waals surface area contributed by atoms with Gasteiger partial charge in [-0.1, -0.05) is 89.1 Å². The molecule has 210 valence electrons. The number of allylic oxidation sites excluding steroid dienone is 1. The Kier molecular flexibility index (Phi) is 8.60. The summed E-state index contributed by atoms with van der Waals surface area (Å²) < 4.78 is 11.4. The van der Waals surface area contributed by atoms with E-state index in [1.165, 1.54) is 77.0 Å². The molecule has 0 heterocycles. The van der Waals surface area contributed by atoms with Crippen LogP contribution in [-0.2, 0) is 4.74 Å². The van der Waals surface area contributed by atoms with E-state index in [2.05, 4.69) is 26.8 Å². The van der Waals surface area contributed by atoms with E-state index in [0.717, 1.165) is 48.5 Å². The van der Waals surface area contributed by atoms with Gasteiger partial charge in [-0.15, -0.1) is 0 Å². The molecule has 1 aromatic carbocycles. The van der Waals surface area contributed by atoms with Gasteiger partial charge in [0.2, 0.25) is 0 Å². The number of para-hydroxylation sites is 1. The molecule has 4 aliphatic rings. The predicted molar refractivity (Wildman–Crippen MR) is 155 cm³/mol. The Balaban J connectivity index is 1.18. The van der Waals surface area contributed by atoms with Crippen LogP contribution in [0.15, 0.2) is 35.9 Å². The topological polar surface area (TPSA) is 35.5 Å². The lowest BCUT2D eigenvalue weighted by Gasteiger charge is -2.58. The van der Waals surface area contributed by atoms with Crippen molar-refractivity contribution < 1.29 is 14.3 Å². The van der Waals surface area contributed by atoms with E-state index in [9.17, 15) is 4.79 Å². The molecule has 0 bridgehead atoms. The molecule has 0 aliphatic heterocycles. The summed E-state index contributed by atoms with van der Waals surface area (Å²) in [6, 6.07) is 7.62. The fraction of sp³-hybridized carbons (Fsp3) is 0.743. The lowest BCUT2D eigenvalue weighted by Crippen LogP contribution is -2.50. The number of carbonyl (C=O) groups excluding carboxylic acids is 1. The van der Waals surface area contributed by atoms with Crippen LogP contribution in [0.5, 0.6) is 5.75 Å². The number of unbranched alkanes of at least 4 members (excludes halogenated alkanes) is 5. The van der Waals surface area contributed by atoms with E-state index >= 15 is 0 Å². The van der Waals surface area contributed by atoms with Crippen molar-refractivity contribution in [2.45, 2.75) is 130 Å². The number of carbonyl (C=O) groups is 1. The molecule has 4 aliphatic carbocycles. The van der Waals surface area contributed by atoms with Gasteiger partial charge in [-0.3, -0.25) is 0 Å². The average Bonchev–Trinajstić information content (AvgIpc) is 3.24. The number of aryl methyl sites for hydroxylation is 1. The van der Waals surface area contributed by atoms with Gasteiger partial charge in [-0.05, 0) is 104 Å². The number of ether oxygens (including phenoxy) is 2. The number of hydrogen-bond donors (Lipinski definition) is 0. The van der Waals surface area contributed by atoms with Gasteiger partial charge in [0.1, 0.15) is 11.9 Å². The van der Waals surface area contributed by atoms with Crippen LogP contribution in [0.4, 0.5) is 4.79 Å². The molecule has 0 N–H and O–H groups in total. The van der Waals surface area contributed by atoms with E-state index in [1.54, 1.807) is 5.57 Å². The number of rotatable bonds is 9. The maximum Gasteiger partial charge on any atom is 0.514 e. The highest BCUT2D eigenvalue weighted by atomic mass is 16.7. The molecule has 0 amide bonds. The van der Waals surface area contributed by atoms with Crippen LogP contribution in [0.25, 0.3) is 0 Å². The van der Waals surface area contributed by atoms with Crippen LogP contribution in [0.3, 0.4) is 0 Å². The minimum absolute atomic E-state index is 0.0653. The largest absolute Gasteiger partial charge is 0.514 e. The van der Waals surface area contributed by atoms with Gasteiger partial charge in [0.25, 0.3) is 0 Å². The molecule has 0 spiro atoms. The van der Waals surface area contributed by atoms with Crippen LogP contribution in [0, 0.1) is 41.4 Å². The molecule has 0 saturated heterocycles. The Labute approximate surface area is 232 Å². The van der Waals surface area contributed by atoms with Gasteiger partial charge < -0.3 is 9.47 Å². The van der Waals surface area contributed by atoms with Crippen molar-refractivity contribution in [3.8, 4) is 5.75 Å². The maximum absolute atomic E-state index is 12.6. The highest BCUT2D eigenvalue weighted by Crippen LogP contribution is 2.66. The Bertz CT molecular complexity index is 997. The van der Waals surface area contributed by atoms with Gasteiger partial charge in [0.05, 0.1) is 0 Å². The van der Waals surface area contributed by atoms with Crippen molar-refractivity contribution in [3.63, 3.8) is 0 Å². The highest BCUT2D eigenvalue weighted by molar-refractivity contribution is 5.64. The third kappa shape index (κ3) is 5.46. The van der Waals surface area contributed by atoms with Gasteiger partial charge in [0, 0.05) is 6.42 Å². The van der Waals surface area contributed by atoms with Gasteiger partial charge in [-0.25, -0.2) is 4.79 Å². The summed E-state index contributed by atoms with van der Waals surface area (Å²) in [5.41, 5.74) is 3.35. The Morgan fingerprint density at radius 2 is 1.74 bits per heavy atom. The third-order valence-electron chi connectivity index (χ3n) is 11.7. The number of hydrogen-bond acceptors (Lipinski definition) is 3. The molecule has 3 saturated carbocycles. The van der Waals surface area contributed by atoms with Crippen LogP contribution >= 0.6 is 0 Å². The molecule has 3 heteroatoms. The second-order valence-corrected chi connectivity index (χ2v) is 13.7. The number of fused-ring (bicyclic) bond motifs is 5. The molecule has 1 aromatic rings. The third-order valence-corrected chi connectivity index (χ3v) is 11.7. The Hall–Kier alpha value is -1.77. The fourth-order valence-corrected chi connectivity index (χ4v) is 9.40. The second kappa shape index (κ2) is 11.8. The summed E-state index contributed by atoms with van der Waals surface area (Å²) in [6.45, 7) is 9.48. The van der Waals surface area contributed by atoms with Gasteiger partial charge in [0.15, 0.2) is 0 Å². The second-order valence-electron chi connectivity index (χ2n) is 13.7. The summed E-state index contributed by atoms with van der Waals surface area (Å²) in [7, 11) is 0. The van der Waals surface area contributed by atoms with E-state index < -0.39 is 6.16 Å². The van der Waals surface area contributed by atoms with Crippen LogP contribution in [0.2, 0.25) is 0 Å². The van der Waals surface area contributed by atoms with Crippen LogP contribution < -0.4 is 4.74 Å². The SMILES string of the molecule is CCCCCCCC[C@H]1CC[C@H]2[C@H]3CC=C4C[C@@H](OC(=O)Oc5ccccc5C)CC[C@]4(C)[C@H]3CC[C@]12C. The maximum atomic E-state index is 12.6. The van der Waals surface area contributed by atoms with Crippen molar-refractivity contribution in [3.05, 3.63) is 41.5 Å². The summed E-state index contributed by atoms with van der Waals surface area (Å²) in [5, 5.41) is 0. The van der Waals surface area contributed by atoms with Gasteiger partial charge in [-0.2, -0.15) is 0 Å². The molecule has 3 nitrogen and oxygen atoms in total. The lowest BCUT2D eigenvalue weighted by molar-refractivity contribution is -0.0538. The first-order valence-corrected chi connectivity index (χ1v) is 16.0. The molecule has 0 aromatic heterocycles. The minimum Gasteiger partial charge on any atom is -0.430 e. The number of benzene rings is 1. The molecule has 0 radical (unpaired) electrons. The molecule has 3 fully saturated rings. The van der Waals surface area contributed by atoms with Crippen LogP contribution in [-0.4, -0.2) is 12.3 Å². The minimum atomic E-state index is -0.557. The van der Waals surface area contributed by atoms with Crippen molar-refractivity contribution in [1.29, 1.82) is 0 Å². The molecular formula is C35H52O3. The highest BCUT2D eigenvalue weighted by Gasteiger charge is 2.58. The quantitative estimate of drug-likeness (QED) is 0.141. The normalized spacial score (nSPS) is 36.0. The zero-order valence-corrected chi connectivity index (χ0v) is 24.6. The van der Waals surface area contributed by atoms with E-state index in [1.807, 2.05) is 31.2 Å². The average molecular weight is 521 g/mol. The zero-order chi connectivity index (χ0) is 26.8. The zero-order valence-electron chi connectivity index (χ0n) is 24.6. The Morgan fingerprint density at radius 3 is 2.55 bits per heavy atom. The summed E-state index contributed by atoms with van der Waals surface area (Å²) in [6.07, 6.45) is 21.8. The van der Waals surface area contributed by atoms with Crippen molar-refractivity contribution >= 4 is 6.16 Å². The predicted octanol–water partition coefficient (Wildman–Crippen LogP) is 10.2. The fourth-order valence-electron chi connectivity index (χ4n) is 9.40. The molecule has 38 heavy (non-hydrogen) atoms.